The fraction of sp³-hybridized carbons (Fsp3) is 0.462. The Hall–Kier alpha value is -1.40. The normalized spacial score (nSPS) is 12.2. The fourth-order valence-corrected chi connectivity index (χ4v) is 3.03. The van der Waals surface area contributed by atoms with Gasteiger partial charge in [0, 0.05) is 13.6 Å². The minimum Gasteiger partial charge on any atom is -0.331 e. The number of hydrogen-bond donors (Lipinski definition) is 1. The van der Waals surface area contributed by atoms with Gasteiger partial charge in [0.1, 0.15) is 5.82 Å². The van der Waals surface area contributed by atoms with Gasteiger partial charge in [-0.1, -0.05) is 13.3 Å². The summed E-state index contributed by atoms with van der Waals surface area (Å²) in [4.78, 5) is 4.63. The Balaban J connectivity index is 2.35. The number of rotatable bonds is 5. The zero-order valence-corrected chi connectivity index (χ0v) is 12.3. The number of aromatic nitrogens is 2. The van der Waals surface area contributed by atoms with Crippen molar-refractivity contribution in [2.24, 2.45) is 7.05 Å². The van der Waals surface area contributed by atoms with E-state index in [0.717, 1.165) is 24.2 Å². The van der Waals surface area contributed by atoms with Gasteiger partial charge in [0.15, 0.2) is 0 Å². The van der Waals surface area contributed by atoms with E-state index in [1.807, 2.05) is 25.5 Å². The molecule has 6 heteroatoms. The first-order valence-corrected chi connectivity index (χ1v) is 7.87. The zero-order chi connectivity index (χ0) is 14.0. The number of aryl methyl sites for hydroxylation is 2. The van der Waals surface area contributed by atoms with Crippen LogP contribution >= 0.6 is 0 Å². The lowest BCUT2D eigenvalue weighted by Crippen LogP contribution is -2.24. The number of nitrogens with zero attached hydrogens (tertiary/aromatic N) is 2. The van der Waals surface area contributed by atoms with Crippen LogP contribution in [0.2, 0.25) is 0 Å². The van der Waals surface area contributed by atoms with Crippen molar-refractivity contribution in [1.29, 1.82) is 0 Å². The van der Waals surface area contributed by atoms with Gasteiger partial charge in [-0.2, -0.15) is 0 Å². The van der Waals surface area contributed by atoms with Crippen LogP contribution in [-0.4, -0.2) is 24.5 Å². The standard InChI is InChI=1S/C13H19N3O2S/c1-4-5-8-14-19(17,18)11-6-7-13-12(9-11)15-10(2)16(13)3/h6-7,9,14H,4-5,8H2,1-3H3. The van der Waals surface area contributed by atoms with E-state index in [9.17, 15) is 8.42 Å². The number of sulfonamides is 1. The van der Waals surface area contributed by atoms with Crippen molar-refractivity contribution in [2.75, 3.05) is 6.54 Å². The van der Waals surface area contributed by atoms with Crippen molar-refractivity contribution < 1.29 is 8.42 Å². The highest BCUT2D eigenvalue weighted by Crippen LogP contribution is 2.19. The minimum absolute atomic E-state index is 0.272. The van der Waals surface area contributed by atoms with Gasteiger partial charge in [0.05, 0.1) is 15.9 Å². The molecule has 104 valence electrons. The van der Waals surface area contributed by atoms with Gasteiger partial charge in [0.25, 0.3) is 0 Å². The van der Waals surface area contributed by atoms with Crippen molar-refractivity contribution in [3.63, 3.8) is 0 Å². The molecule has 0 atom stereocenters. The molecule has 0 saturated heterocycles. The summed E-state index contributed by atoms with van der Waals surface area (Å²) in [6.07, 6.45) is 1.80. The van der Waals surface area contributed by atoms with Crippen molar-refractivity contribution in [1.82, 2.24) is 14.3 Å². The van der Waals surface area contributed by atoms with Gasteiger partial charge in [-0.25, -0.2) is 18.1 Å². The minimum atomic E-state index is -3.43. The molecule has 5 nitrogen and oxygen atoms in total. The monoisotopic (exact) mass is 281 g/mol. The number of unbranched alkanes of at least 4 members (excludes halogenated alkanes) is 1. The second-order valence-electron chi connectivity index (χ2n) is 4.62. The Labute approximate surface area is 113 Å². The predicted molar refractivity (Wildman–Crippen MR) is 75.5 cm³/mol. The van der Waals surface area contributed by atoms with Crippen molar-refractivity contribution in [2.45, 2.75) is 31.6 Å². The molecule has 0 aliphatic rings. The van der Waals surface area contributed by atoms with E-state index in [1.165, 1.54) is 0 Å². The summed E-state index contributed by atoms with van der Waals surface area (Å²) in [7, 11) is -1.51. The molecule has 0 aliphatic heterocycles. The Kier molecular flexibility index (Phi) is 3.91. The lowest BCUT2D eigenvalue weighted by atomic mass is 10.3. The largest absolute Gasteiger partial charge is 0.331 e. The fourth-order valence-electron chi connectivity index (χ4n) is 1.93. The molecular weight excluding hydrogens is 262 g/mol. The molecule has 0 saturated carbocycles. The lowest BCUT2D eigenvalue weighted by Gasteiger charge is -2.06. The number of hydrogen-bond acceptors (Lipinski definition) is 3. The van der Waals surface area contributed by atoms with Crippen LogP contribution in [-0.2, 0) is 17.1 Å². The third-order valence-electron chi connectivity index (χ3n) is 3.21. The molecule has 0 aliphatic carbocycles. The SMILES string of the molecule is CCCCNS(=O)(=O)c1ccc2c(c1)nc(C)n2C. The Bertz CT molecular complexity index is 689. The second-order valence-corrected chi connectivity index (χ2v) is 6.39. The lowest BCUT2D eigenvalue weighted by molar-refractivity contribution is 0.578. The smallest absolute Gasteiger partial charge is 0.240 e. The molecule has 1 heterocycles. The summed E-state index contributed by atoms with van der Waals surface area (Å²) in [6.45, 7) is 4.39. The molecule has 1 aromatic heterocycles. The summed E-state index contributed by atoms with van der Waals surface area (Å²) in [5.74, 6) is 0.864. The molecule has 0 radical (unpaired) electrons. The molecule has 0 fully saturated rings. The summed E-state index contributed by atoms with van der Waals surface area (Å²) >= 11 is 0. The average Bonchev–Trinajstić information content (AvgIpc) is 2.65. The second kappa shape index (κ2) is 5.30. The van der Waals surface area contributed by atoms with E-state index >= 15 is 0 Å². The van der Waals surface area contributed by atoms with Gasteiger partial charge in [-0.05, 0) is 31.5 Å². The quantitative estimate of drug-likeness (QED) is 0.852. The van der Waals surface area contributed by atoms with Crippen LogP contribution in [0.1, 0.15) is 25.6 Å². The molecule has 0 bridgehead atoms. The van der Waals surface area contributed by atoms with E-state index in [0.29, 0.717) is 12.1 Å². The van der Waals surface area contributed by atoms with Crippen LogP contribution in [0, 0.1) is 6.92 Å². The molecule has 0 unspecified atom stereocenters. The third-order valence-corrected chi connectivity index (χ3v) is 4.67. The van der Waals surface area contributed by atoms with E-state index in [1.54, 1.807) is 18.2 Å². The molecule has 1 aromatic carbocycles. The number of benzene rings is 1. The van der Waals surface area contributed by atoms with Crippen LogP contribution in [0.25, 0.3) is 11.0 Å². The van der Waals surface area contributed by atoms with Gasteiger partial charge < -0.3 is 4.57 Å². The van der Waals surface area contributed by atoms with E-state index in [-0.39, 0.29) is 4.90 Å². The van der Waals surface area contributed by atoms with Crippen LogP contribution in [0.4, 0.5) is 0 Å². The molecule has 2 rings (SSSR count). The van der Waals surface area contributed by atoms with Crippen molar-refractivity contribution in [3.05, 3.63) is 24.0 Å². The highest BCUT2D eigenvalue weighted by molar-refractivity contribution is 7.89. The molecule has 1 N–H and O–H groups in total. The van der Waals surface area contributed by atoms with Gasteiger partial charge in [-0.15, -0.1) is 0 Å². The van der Waals surface area contributed by atoms with Crippen LogP contribution < -0.4 is 4.72 Å². The third kappa shape index (κ3) is 2.79. The first kappa shape index (κ1) is 14.0. The number of fused-ring (bicyclic) bond motifs is 1. The van der Waals surface area contributed by atoms with E-state index < -0.39 is 10.0 Å². The highest BCUT2D eigenvalue weighted by atomic mass is 32.2. The Morgan fingerprint density at radius 3 is 2.79 bits per heavy atom. The van der Waals surface area contributed by atoms with Crippen LogP contribution in [0.5, 0.6) is 0 Å². The Morgan fingerprint density at radius 1 is 1.37 bits per heavy atom. The molecular formula is C13H19N3O2S. The molecule has 0 amide bonds. The van der Waals surface area contributed by atoms with Crippen molar-refractivity contribution in [3.8, 4) is 0 Å². The van der Waals surface area contributed by atoms with E-state index in [2.05, 4.69) is 9.71 Å². The number of nitrogens with one attached hydrogen (secondary N) is 1. The van der Waals surface area contributed by atoms with Crippen LogP contribution in [0.15, 0.2) is 23.1 Å². The maximum Gasteiger partial charge on any atom is 0.240 e. The van der Waals surface area contributed by atoms with Gasteiger partial charge >= 0.3 is 0 Å². The maximum absolute atomic E-state index is 12.1. The number of imidazole rings is 1. The summed E-state index contributed by atoms with van der Waals surface area (Å²) in [5.41, 5.74) is 1.64. The maximum atomic E-state index is 12.1. The Morgan fingerprint density at radius 2 is 2.11 bits per heavy atom. The first-order valence-electron chi connectivity index (χ1n) is 6.38. The predicted octanol–water partition coefficient (Wildman–Crippen LogP) is 1.96. The topological polar surface area (TPSA) is 64.0 Å². The zero-order valence-electron chi connectivity index (χ0n) is 11.5. The summed E-state index contributed by atoms with van der Waals surface area (Å²) < 4.78 is 28.7. The van der Waals surface area contributed by atoms with Crippen molar-refractivity contribution >= 4 is 21.1 Å². The molecule has 2 aromatic rings. The molecule has 0 spiro atoms. The summed E-state index contributed by atoms with van der Waals surface area (Å²) in [5, 5.41) is 0. The first-order chi connectivity index (χ1) is 8.95. The molecule has 19 heavy (non-hydrogen) atoms. The van der Waals surface area contributed by atoms with Gasteiger partial charge in [0.2, 0.25) is 10.0 Å². The summed E-state index contributed by atoms with van der Waals surface area (Å²) in [6, 6.07) is 5.04. The van der Waals surface area contributed by atoms with Gasteiger partial charge in [-0.3, -0.25) is 0 Å². The van der Waals surface area contributed by atoms with Crippen LogP contribution in [0.3, 0.4) is 0 Å². The highest BCUT2D eigenvalue weighted by Gasteiger charge is 2.15. The average molecular weight is 281 g/mol. The van der Waals surface area contributed by atoms with E-state index in [4.69, 9.17) is 0 Å².